The van der Waals surface area contributed by atoms with Gasteiger partial charge in [0, 0.05) is 17.7 Å². The zero-order chi connectivity index (χ0) is 18.2. The number of ether oxygens (including phenoxy) is 1. The van der Waals surface area contributed by atoms with Crippen molar-refractivity contribution in [2.75, 3.05) is 11.9 Å². The van der Waals surface area contributed by atoms with Crippen LogP contribution in [0.15, 0.2) is 47.4 Å². The van der Waals surface area contributed by atoms with Crippen LogP contribution in [0.3, 0.4) is 0 Å². The van der Waals surface area contributed by atoms with Crippen molar-refractivity contribution in [2.24, 2.45) is 0 Å². The molecule has 2 aromatic rings. The summed E-state index contributed by atoms with van der Waals surface area (Å²) in [6.45, 7) is 0.400. The van der Waals surface area contributed by atoms with Crippen molar-refractivity contribution in [3.8, 4) is 5.75 Å². The van der Waals surface area contributed by atoms with Gasteiger partial charge < -0.3 is 10.1 Å². The SMILES string of the molecule is O=S(=O)(c1ccc(NC2CCOc3ccc(F)cc32)cc1)C(F)(F)F. The zero-order valence-electron chi connectivity index (χ0n) is 12.7. The van der Waals surface area contributed by atoms with Gasteiger partial charge in [-0.3, -0.25) is 0 Å². The van der Waals surface area contributed by atoms with E-state index in [0.29, 0.717) is 30.0 Å². The lowest BCUT2D eigenvalue weighted by atomic mass is 10.00. The van der Waals surface area contributed by atoms with E-state index in [1.54, 1.807) is 0 Å². The minimum absolute atomic E-state index is 0.301. The number of benzene rings is 2. The van der Waals surface area contributed by atoms with Gasteiger partial charge in [0.1, 0.15) is 11.6 Å². The van der Waals surface area contributed by atoms with Crippen molar-refractivity contribution < 1.29 is 30.7 Å². The van der Waals surface area contributed by atoms with Gasteiger partial charge in [0.15, 0.2) is 0 Å². The third-order valence-corrected chi connectivity index (χ3v) is 5.32. The second-order valence-corrected chi connectivity index (χ2v) is 7.43. The van der Waals surface area contributed by atoms with Crippen molar-refractivity contribution in [1.29, 1.82) is 0 Å². The van der Waals surface area contributed by atoms with Gasteiger partial charge in [-0.05, 0) is 42.5 Å². The summed E-state index contributed by atoms with van der Waals surface area (Å²) >= 11 is 0. The molecule has 0 saturated carbocycles. The summed E-state index contributed by atoms with van der Waals surface area (Å²) in [5.41, 5.74) is -4.33. The topological polar surface area (TPSA) is 55.4 Å². The second-order valence-electron chi connectivity index (χ2n) is 5.49. The molecule has 4 nitrogen and oxygen atoms in total. The maximum absolute atomic E-state index is 13.4. The largest absolute Gasteiger partial charge is 0.501 e. The maximum Gasteiger partial charge on any atom is 0.501 e. The van der Waals surface area contributed by atoms with E-state index in [0.717, 1.165) is 12.1 Å². The Balaban J connectivity index is 1.83. The molecule has 9 heteroatoms. The van der Waals surface area contributed by atoms with Crippen LogP contribution in [0, 0.1) is 5.82 Å². The number of anilines is 1. The molecular weight excluding hydrogens is 362 g/mol. The summed E-state index contributed by atoms with van der Waals surface area (Å²) in [5, 5.41) is 3.06. The Morgan fingerprint density at radius 3 is 2.40 bits per heavy atom. The Bertz CT molecular complexity index is 879. The molecule has 0 aromatic heterocycles. The summed E-state index contributed by atoms with van der Waals surface area (Å²) < 4.78 is 79.2. The fraction of sp³-hybridized carbons (Fsp3) is 0.250. The lowest BCUT2D eigenvalue weighted by molar-refractivity contribution is -0.0436. The van der Waals surface area contributed by atoms with Crippen LogP contribution in [0.4, 0.5) is 23.2 Å². The first-order valence-corrected chi connectivity index (χ1v) is 8.77. The van der Waals surface area contributed by atoms with Gasteiger partial charge in [-0.15, -0.1) is 0 Å². The van der Waals surface area contributed by atoms with Crippen LogP contribution in [0.2, 0.25) is 0 Å². The van der Waals surface area contributed by atoms with Crippen molar-refractivity contribution in [1.82, 2.24) is 0 Å². The van der Waals surface area contributed by atoms with E-state index in [2.05, 4.69) is 5.32 Å². The molecular formula is C16H13F4NO3S. The van der Waals surface area contributed by atoms with E-state index in [1.165, 1.54) is 30.3 Å². The standard InChI is InChI=1S/C16H13F4NO3S/c17-10-1-6-15-13(9-10)14(7-8-24-15)21-11-2-4-12(5-3-11)25(22,23)16(18,19)20/h1-6,9,14,21H,7-8H2. The number of halogens is 4. The minimum Gasteiger partial charge on any atom is -0.493 e. The fourth-order valence-electron chi connectivity index (χ4n) is 2.58. The summed E-state index contributed by atoms with van der Waals surface area (Å²) in [6.07, 6.45) is 0.527. The number of nitrogens with one attached hydrogen (secondary N) is 1. The smallest absolute Gasteiger partial charge is 0.493 e. The second kappa shape index (κ2) is 6.21. The summed E-state index contributed by atoms with van der Waals surface area (Å²) in [5.74, 6) is 0.101. The molecule has 0 fully saturated rings. The number of hydrogen-bond acceptors (Lipinski definition) is 4. The Morgan fingerprint density at radius 1 is 1.08 bits per heavy atom. The predicted molar refractivity (Wildman–Crippen MR) is 82.6 cm³/mol. The predicted octanol–water partition coefficient (Wildman–Crippen LogP) is 4.05. The van der Waals surface area contributed by atoms with Crippen LogP contribution < -0.4 is 10.1 Å². The number of alkyl halides is 3. The number of fused-ring (bicyclic) bond motifs is 1. The average Bonchev–Trinajstić information content (AvgIpc) is 2.55. The highest BCUT2D eigenvalue weighted by Crippen LogP contribution is 2.35. The molecule has 25 heavy (non-hydrogen) atoms. The number of hydrogen-bond donors (Lipinski definition) is 1. The first kappa shape index (κ1) is 17.5. The van der Waals surface area contributed by atoms with Crippen LogP contribution in [-0.2, 0) is 9.84 Å². The van der Waals surface area contributed by atoms with E-state index < -0.39 is 26.1 Å². The molecule has 1 atom stereocenters. The first-order chi connectivity index (χ1) is 11.7. The molecule has 0 saturated heterocycles. The van der Waals surface area contributed by atoms with Crippen LogP contribution in [-0.4, -0.2) is 20.5 Å². The monoisotopic (exact) mass is 375 g/mol. The van der Waals surface area contributed by atoms with E-state index in [4.69, 9.17) is 4.74 Å². The summed E-state index contributed by atoms with van der Waals surface area (Å²) in [6, 6.07) is 8.07. The van der Waals surface area contributed by atoms with E-state index in [1.807, 2.05) is 0 Å². The van der Waals surface area contributed by atoms with Crippen LogP contribution in [0.25, 0.3) is 0 Å². The molecule has 1 heterocycles. The van der Waals surface area contributed by atoms with Crippen molar-refractivity contribution in [3.63, 3.8) is 0 Å². The molecule has 134 valence electrons. The molecule has 1 N–H and O–H groups in total. The zero-order valence-corrected chi connectivity index (χ0v) is 13.5. The number of rotatable bonds is 3. The summed E-state index contributed by atoms with van der Waals surface area (Å²) in [4.78, 5) is -0.830. The highest BCUT2D eigenvalue weighted by atomic mass is 32.2. The molecule has 1 aliphatic rings. The molecule has 2 aromatic carbocycles. The number of sulfone groups is 1. The van der Waals surface area contributed by atoms with Gasteiger partial charge in [0.2, 0.25) is 0 Å². The van der Waals surface area contributed by atoms with E-state index in [9.17, 15) is 26.0 Å². The molecule has 0 radical (unpaired) electrons. The van der Waals surface area contributed by atoms with Gasteiger partial charge in [-0.2, -0.15) is 13.2 Å². The molecule has 0 bridgehead atoms. The normalized spacial score (nSPS) is 17.5. The molecule has 3 rings (SSSR count). The highest BCUT2D eigenvalue weighted by molar-refractivity contribution is 7.92. The van der Waals surface area contributed by atoms with Gasteiger partial charge in [-0.25, -0.2) is 12.8 Å². The third-order valence-electron chi connectivity index (χ3n) is 3.82. The lowest BCUT2D eigenvalue weighted by Crippen LogP contribution is -2.23. The van der Waals surface area contributed by atoms with Gasteiger partial charge in [0.25, 0.3) is 9.84 Å². The van der Waals surface area contributed by atoms with Crippen LogP contribution >= 0.6 is 0 Å². The van der Waals surface area contributed by atoms with Gasteiger partial charge >= 0.3 is 5.51 Å². The van der Waals surface area contributed by atoms with Crippen molar-refractivity contribution in [3.05, 3.63) is 53.8 Å². The first-order valence-electron chi connectivity index (χ1n) is 7.29. The fourth-order valence-corrected chi connectivity index (χ4v) is 3.34. The average molecular weight is 375 g/mol. The van der Waals surface area contributed by atoms with Crippen LogP contribution in [0.1, 0.15) is 18.0 Å². The highest BCUT2D eigenvalue weighted by Gasteiger charge is 2.46. The molecule has 1 unspecified atom stereocenters. The lowest BCUT2D eigenvalue weighted by Gasteiger charge is -2.27. The molecule has 1 aliphatic heterocycles. The Kier molecular flexibility index (Phi) is 4.36. The molecule has 0 spiro atoms. The Hall–Kier alpha value is -2.29. The maximum atomic E-state index is 13.4. The van der Waals surface area contributed by atoms with Crippen molar-refractivity contribution >= 4 is 15.5 Å². The van der Waals surface area contributed by atoms with Gasteiger partial charge in [0.05, 0.1) is 17.5 Å². The summed E-state index contributed by atoms with van der Waals surface area (Å²) in [7, 11) is -5.38. The Labute approximate surface area is 141 Å². The minimum atomic E-state index is -5.38. The van der Waals surface area contributed by atoms with Crippen LogP contribution in [0.5, 0.6) is 5.75 Å². The van der Waals surface area contributed by atoms with Crippen molar-refractivity contribution in [2.45, 2.75) is 22.9 Å². The molecule has 0 aliphatic carbocycles. The Morgan fingerprint density at radius 2 is 1.76 bits per heavy atom. The molecule has 0 amide bonds. The third kappa shape index (κ3) is 3.41. The van der Waals surface area contributed by atoms with E-state index in [-0.39, 0.29) is 6.04 Å². The quantitative estimate of drug-likeness (QED) is 0.823. The van der Waals surface area contributed by atoms with E-state index >= 15 is 0 Å². The van der Waals surface area contributed by atoms with Gasteiger partial charge in [-0.1, -0.05) is 0 Å².